The number of aliphatic hydroxyl groups is 7. The number of rotatable bonds is 4. The third kappa shape index (κ3) is 3.80. The van der Waals surface area contributed by atoms with Crippen LogP contribution in [0.5, 0.6) is 0 Å². The monoisotopic (exact) mass is 358 g/mol. The molecule has 11 heteroatoms. The molecule has 23 heavy (non-hydrogen) atoms. The van der Waals surface area contributed by atoms with Crippen molar-refractivity contribution in [3.63, 3.8) is 0 Å². The zero-order valence-electron chi connectivity index (χ0n) is 12.0. The fraction of sp³-hybridized carbons (Fsp3) is 1.00. The molecule has 2 aliphatic rings. The average molecular weight is 358 g/mol. The molecule has 2 rings (SSSR count). The van der Waals surface area contributed by atoms with Crippen LogP contribution in [-0.4, -0.2) is 110 Å². The van der Waals surface area contributed by atoms with Gasteiger partial charge in [0.2, 0.25) is 0 Å². The Bertz CT molecular complexity index is 383. The Morgan fingerprint density at radius 3 is 2.00 bits per heavy atom. The van der Waals surface area contributed by atoms with E-state index in [4.69, 9.17) is 14.2 Å². The minimum absolute atomic E-state index is 0.0271. The Kier molecular flexibility index (Phi) is 6.61. The molecule has 0 amide bonds. The highest BCUT2D eigenvalue weighted by Gasteiger charge is 2.49. The van der Waals surface area contributed by atoms with Crippen molar-refractivity contribution in [3.05, 3.63) is 0 Å². The second kappa shape index (κ2) is 7.89. The molecular formula is C12H22O10S. The van der Waals surface area contributed by atoms with Gasteiger partial charge in [-0.05, 0) is 0 Å². The number of thiol groups is 1. The van der Waals surface area contributed by atoms with Crippen molar-refractivity contribution in [2.24, 2.45) is 0 Å². The van der Waals surface area contributed by atoms with Crippen molar-refractivity contribution in [3.8, 4) is 0 Å². The summed E-state index contributed by atoms with van der Waals surface area (Å²) >= 11 is 3.96. The van der Waals surface area contributed by atoms with Gasteiger partial charge in [-0.1, -0.05) is 0 Å². The molecule has 0 radical (unpaired) electrons. The molecule has 0 aliphatic carbocycles. The summed E-state index contributed by atoms with van der Waals surface area (Å²) in [5, 5.41) is 67.7. The fourth-order valence-electron chi connectivity index (χ4n) is 2.57. The molecule has 0 bridgehead atoms. The molecule has 136 valence electrons. The minimum atomic E-state index is -1.71. The molecule has 6 unspecified atom stereocenters. The zero-order chi connectivity index (χ0) is 17.3. The maximum atomic E-state index is 9.98. The van der Waals surface area contributed by atoms with Gasteiger partial charge in [0.1, 0.15) is 42.7 Å². The first-order valence-corrected chi connectivity index (χ1v) is 7.71. The van der Waals surface area contributed by atoms with E-state index in [0.29, 0.717) is 0 Å². The summed E-state index contributed by atoms with van der Waals surface area (Å²) < 4.78 is 15.5. The molecule has 2 heterocycles. The maximum absolute atomic E-state index is 9.98. The van der Waals surface area contributed by atoms with E-state index in [1.54, 1.807) is 0 Å². The Morgan fingerprint density at radius 1 is 0.783 bits per heavy atom. The predicted octanol–water partition coefficient (Wildman–Crippen LogP) is -4.46. The molecule has 0 aromatic rings. The van der Waals surface area contributed by atoms with E-state index in [1.807, 2.05) is 0 Å². The lowest BCUT2D eigenvalue weighted by molar-refractivity contribution is -0.351. The highest BCUT2D eigenvalue weighted by molar-refractivity contribution is 7.80. The molecule has 7 N–H and O–H groups in total. The number of ether oxygens (including phenoxy) is 3. The van der Waals surface area contributed by atoms with Crippen LogP contribution < -0.4 is 0 Å². The van der Waals surface area contributed by atoms with Gasteiger partial charge in [-0.15, -0.1) is 0 Å². The molecule has 0 spiro atoms. The molecule has 0 saturated carbocycles. The van der Waals surface area contributed by atoms with Gasteiger partial charge in [-0.3, -0.25) is 0 Å². The van der Waals surface area contributed by atoms with Crippen LogP contribution in [-0.2, 0) is 14.2 Å². The summed E-state index contributed by atoms with van der Waals surface area (Å²) in [5.41, 5.74) is 0. The van der Waals surface area contributed by atoms with Gasteiger partial charge < -0.3 is 50.0 Å². The van der Waals surface area contributed by atoms with Crippen LogP contribution in [0.1, 0.15) is 0 Å². The van der Waals surface area contributed by atoms with Crippen LogP contribution in [0.15, 0.2) is 0 Å². The smallest absolute Gasteiger partial charge is 0.187 e. The van der Waals surface area contributed by atoms with Crippen LogP contribution in [0, 0.1) is 0 Å². The van der Waals surface area contributed by atoms with E-state index < -0.39 is 68.0 Å². The van der Waals surface area contributed by atoms with Gasteiger partial charge in [-0.2, -0.15) is 12.6 Å². The predicted molar refractivity (Wildman–Crippen MR) is 75.4 cm³/mol. The first-order chi connectivity index (χ1) is 10.8. The summed E-state index contributed by atoms with van der Waals surface area (Å²) in [6.07, 6.45) is -14.6. The summed E-state index contributed by atoms with van der Waals surface area (Å²) in [6, 6.07) is 0. The molecular weight excluding hydrogens is 336 g/mol. The van der Waals surface area contributed by atoms with Gasteiger partial charge in [0.05, 0.1) is 12.7 Å². The third-order valence-electron chi connectivity index (χ3n) is 3.98. The topological polar surface area (TPSA) is 169 Å². The highest BCUT2D eigenvalue weighted by atomic mass is 32.1. The van der Waals surface area contributed by atoms with E-state index in [9.17, 15) is 35.7 Å². The molecule has 0 aromatic carbocycles. The maximum Gasteiger partial charge on any atom is 0.187 e. The minimum Gasteiger partial charge on any atom is -0.394 e. The zero-order valence-corrected chi connectivity index (χ0v) is 12.9. The molecule has 0 aromatic heterocycles. The SMILES string of the molecule is OCC1O[C@@H](O)C(O)C(O)[C@@H]1O[C@@H]1OC(CS)[C@H](O)C(O)C1O. The number of hydrogen-bond donors (Lipinski definition) is 8. The average Bonchev–Trinajstić information content (AvgIpc) is 2.55. The first-order valence-electron chi connectivity index (χ1n) is 7.08. The normalized spacial score (nSPS) is 51.7. The lowest BCUT2D eigenvalue weighted by Crippen LogP contribution is -2.64. The quantitative estimate of drug-likeness (QED) is 0.229. The van der Waals surface area contributed by atoms with Crippen molar-refractivity contribution in [1.29, 1.82) is 0 Å². The Labute approximate surface area is 137 Å². The Morgan fingerprint density at radius 2 is 1.43 bits per heavy atom. The third-order valence-corrected chi connectivity index (χ3v) is 4.34. The summed E-state index contributed by atoms with van der Waals surface area (Å²) in [7, 11) is 0. The fourth-order valence-corrected chi connectivity index (χ4v) is 2.87. The lowest BCUT2D eigenvalue weighted by Gasteiger charge is -2.45. The van der Waals surface area contributed by atoms with Crippen LogP contribution in [0.4, 0.5) is 0 Å². The van der Waals surface area contributed by atoms with Crippen molar-refractivity contribution in [2.45, 2.75) is 61.4 Å². The molecule has 2 fully saturated rings. The van der Waals surface area contributed by atoms with Gasteiger partial charge >= 0.3 is 0 Å². The van der Waals surface area contributed by atoms with Crippen molar-refractivity contribution in [2.75, 3.05) is 12.4 Å². The van der Waals surface area contributed by atoms with Gasteiger partial charge in [0.15, 0.2) is 12.6 Å². The molecule has 2 saturated heterocycles. The van der Waals surface area contributed by atoms with Gasteiger partial charge in [0, 0.05) is 5.75 Å². The van der Waals surface area contributed by atoms with Crippen LogP contribution in [0.25, 0.3) is 0 Å². The van der Waals surface area contributed by atoms with Crippen LogP contribution in [0.3, 0.4) is 0 Å². The Balaban J connectivity index is 2.11. The summed E-state index contributed by atoms with van der Waals surface area (Å²) in [6.45, 7) is -0.643. The van der Waals surface area contributed by atoms with E-state index >= 15 is 0 Å². The molecule has 10 atom stereocenters. The molecule has 2 aliphatic heterocycles. The second-order valence-corrected chi connectivity index (χ2v) is 5.89. The highest BCUT2D eigenvalue weighted by Crippen LogP contribution is 2.28. The Hall–Kier alpha value is -0.0500. The number of hydrogen-bond acceptors (Lipinski definition) is 11. The number of aliphatic hydroxyl groups excluding tert-OH is 7. The lowest BCUT2D eigenvalue weighted by atomic mass is 9.97. The van der Waals surface area contributed by atoms with Crippen molar-refractivity contribution < 1.29 is 50.0 Å². The largest absolute Gasteiger partial charge is 0.394 e. The summed E-state index contributed by atoms with van der Waals surface area (Å²) in [5.74, 6) is 0.0271. The van der Waals surface area contributed by atoms with E-state index in [0.717, 1.165) is 0 Å². The van der Waals surface area contributed by atoms with Crippen molar-refractivity contribution >= 4 is 12.6 Å². The molecule has 10 nitrogen and oxygen atoms in total. The van der Waals surface area contributed by atoms with Gasteiger partial charge in [0.25, 0.3) is 0 Å². The van der Waals surface area contributed by atoms with Crippen molar-refractivity contribution in [1.82, 2.24) is 0 Å². The van der Waals surface area contributed by atoms with Gasteiger partial charge in [-0.25, -0.2) is 0 Å². The van der Waals surface area contributed by atoms with Crippen LogP contribution in [0.2, 0.25) is 0 Å². The summed E-state index contributed by atoms with van der Waals surface area (Å²) in [4.78, 5) is 0. The standard InChI is InChI=1S/C12H22O10S/c13-1-3-10(7(16)8(17)11(19)20-3)22-12-9(18)6(15)5(14)4(2-23)21-12/h3-19,23H,1-2H2/t3?,4?,5-,6?,7?,8?,9?,10+,11+,12-/m0/s1. The van der Waals surface area contributed by atoms with E-state index in [2.05, 4.69) is 12.6 Å². The van der Waals surface area contributed by atoms with E-state index in [1.165, 1.54) is 0 Å². The second-order valence-electron chi connectivity index (χ2n) is 5.53. The first kappa shape index (κ1) is 19.3. The van der Waals surface area contributed by atoms with Crippen LogP contribution >= 0.6 is 12.6 Å². The van der Waals surface area contributed by atoms with E-state index in [-0.39, 0.29) is 5.75 Å².